The van der Waals surface area contributed by atoms with E-state index in [0.717, 1.165) is 16.9 Å². The van der Waals surface area contributed by atoms with E-state index in [1.165, 1.54) is 12.1 Å². The van der Waals surface area contributed by atoms with E-state index in [9.17, 15) is 18.3 Å². The third-order valence-corrected chi connectivity index (χ3v) is 6.98. The number of aromatic nitrogens is 1. The fourth-order valence-electron chi connectivity index (χ4n) is 2.97. The van der Waals surface area contributed by atoms with Crippen LogP contribution in [0, 0.1) is 0 Å². The van der Waals surface area contributed by atoms with Crippen molar-refractivity contribution in [2.24, 2.45) is 0 Å². The lowest BCUT2D eigenvalue weighted by molar-refractivity contribution is 0.0916. The number of amides is 1. The number of nitrogens with one attached hydrogen (secondary N) is 2. The summed E-state index contributed by atoms with van der Waals surface area (Å²) in [7, 11) is -3.74. The van der Waals surface area contributed by atoms with Crippen molar-refractivity contribution in [2.75, 3.05) is 11.3 Å². The van der Waals surface area contributed by atoms with Crippen molar-refractivity contribution in [2.45, 2.75) is 11.0 Å². The van der Waals surface area contributed by atoms with Crippen LogP contribution >= 0.6 is 11.3 Å². The molecular formula is C22H19N3O4S2. The van der Waals surface area contributed by atoms with Gasteiger partial charge < -0.3 is 10.4 Å². The molecule has 4 rings (SSSR count). The number of hydrogen-bond donors (Lipinski definition) is 3. The Morgan fingerprint density at radius 2 is 1.68 bits per heavy atom. The van der Waals surface area contributed by atoms with E-state index in [1.807, 2.05) is 18.2 Å². The van der Waals surface area contributed by atoms with Gasteiger partial charge >= 0.3 is 0 Å². The maximum absolute atomic E-state index is 12.5. The van der Waals surface area contributed by atoms with Gasteiger partial charge in [-0.15, -0.1) is 0 Å². The van der Waals surface area contributed by atoms with Gasteiger partial charge in [-0.1, -0.05) is 59.9 Å². The molecule has 0 saturated heterocycles. The lowest BCUT2D eigenvalue weighted by Crippen LogP contribution is -2.28. The molecule has 0 fully saturated rings. The van der Waals surface area contributed by atoms with Crippen LogP contribution in [0.2, 0.25) is 0 Å². The van der Waals surface area contributed by atoms with Gasteiger partial charge in [-0.3, -0.25) is 9.52 Å². The lowest BCUT2D eigenvalue weighted by atomic mass is 10.1. The maximum atomic E-state index is 12.5. The average molecular weight is 454 g/mol. The van der Waals surface area contributed by atoms with Crippen LogP contribution < -0.4 is 10.0 Å². The molecule has 31 heavy (non-hydrogen) atoms. The van der Waals surface area contributed by atoms with E-state index in [-0.39, 0.29) is 22.5 Å². The van der Waals surface area contributed by atoms with Crippen LogP contribution in [-0.4, -0.2) is 31.0 Å². The van der Waals surface area contributed by atoms with Gasteiger partial charge in [0.25, 0.3) is 15.9 Å². The number of fused-ring (bicyclic) bond motifs is 1. The van der Waals surface area contributed by atoms with E-state index in [2.05, 4.69) is 15.0 Å². The van der Waals surface area contributed by atoms with E-state index in [0.29, 0.717) is 15.8 Å². The van der Waals surface area contributed by atoms with Crippen LogP contribution in [0.5, 0.6) is 0 Å². The van der Waals surface area contributed by atoms with Crippen molar-refractivity contribution >= 4 is 42.6 Å². The van der Waals surface area contributed by atoms with Crippen molar-refractivity contribution in [1.29, 1.82) is 0 Å². The normalized spacial score (nSPS) is 12.4. The minimum Gasteiger partial charge on any atom is -0.387 e. The second kappa shape index (κ2) is 8.84. The smallest absolute Gasteiger partial charge is 0.263 e. The van der Waals surface area contributed by atoms with Crippen molar-refractivity contribution < 1.29 is 18.3 Å². The first kappa shape index (κ1) is 21.0. The number of carbonyl (C=O) groups is 1. The van der Waals surface area contributed by atoms with E-state index in [1.54, 1.807) is 48.5 Å². The zero-order valence-corrected chi connectivity index (χ0v) is 17.9. The molecule has 0 bridgehead atoms. The molecule has 1 amide bonds. The van der Waals surface area contributed by atoms with Gasteiger partial charge in [-0.2, -0.15) is 0 Å². The summed E-state index contributed by atoms with van der Waals surface area (Å²) in [4.78, 5) is 16.9. The summed E-state index contributed by atoms with van der Waals surface area (Å²) in [5.41, 5.74) is 1.70. The first-order valence-electron chi connectivity index (χ1n) is 9.42. The highest BCUT2D eigenvalue weighted by Crippen LogP contribution is 2.28. The zero-order chi connectivity index (χ0) is 21.8. The third-order valence-electron chi connectivity index (χ3n) is 4.57. The molecule has 3 aromatic carbocycles. The van der Waals surface area contributed by atoms with Crippen molar-refractivity contribution in [3.63, 3.8) is 0 Å². The minimum atomic E-state index is -3.74. The number of carbonyl (C=O) groups excluding carboxylic acids is 1. The van der Waals surface area contributed by atoms with Crippen LogP contribution in [-0.2, 0) is 10.0 Å². The van der Waals surface area contributed by atoms with Gasteiger partial charge in [0.15, 0.2) is 5.13 Å². The number of sulfonamides is 1. The predicted octanol–water partition coefficient (Wildman–Crippen LogP) is 3.56. The Labute approximate surface area is 183 Å². The standard InChI is InChI=1S/C22H19N3O4S2/c26-19(15-7-3-1-4-8-15)14-23-21(27)16-11-12-18-20(13-16)30-22(24-18)25-31(28,29)17-9-5-2-6-10-17/h1-13,19,26H,14H2,(H,23,27)(H,24,25)/t19-/m1/s1. The molecule has 1 aromatic heterocycles. The lowest BCUT2D eigenvalue weighted by Gasteiger charge is -2.12. The first-order chi connectivity index (χ1) is 14.9. The second-order valence-electron chi connectivity index (χ2n) is 6.76. The SMILES string of the molecule is O=C(NC[C@@H](O)c1ccccc1)c1ccc2nc(NS(=O)(=O)c3ccccc3)sc2c1. The molecule has 1 atom stereocenters. The van der Waals surface area contributed by atoms with Crippen molar-refractivity contribution in [3.05, 3.63) is 90.0 Å². The molecule has 4 aromatic rings. The topological polar surface area (TPSA) is 108 Å². The Hall–Kier alpha value is -3.27. The molecule has 3 N–H and O–H groups in total. The molecule has 0 spiro atoms. The third kappa shape index (κ3) is 4.91. The zero-order valence-electron chi connectivity index (χ0n) is 16.2. The van der Waals surface area contributed by atoms with Gasteiger partial charge in [0.05, 0.1) is 21.2 Å². The van der Waals surface area contributed by atoms with E-state index in [4.69, 9.17) is 0 Å². The van der Waals surface area contributed by atoms with Gasteiger partial charge in [0, 0.05) is 12.1 Å². The Morgan fingerprint density at radius 1 is 1.00 bits per heavy atom. The monoisotopic (exact) mass is 453 g/mol. The summed E-state index contributed by atoms with van der Waals surface area (Å²) < 4.78 is 28.1. The minimum absolute atomic E-state index is 0.0751. The van der Waals surface area contributed by atoms with E-state index < -0.39 is 16.1 Å². The highest BCUT2D eigenvalue weighted by atomic mass is 32.2. The van der Waals surface area contributed by atoms with E-state index >= 15 is 0 Å². The number of anilines is 1. The van der Waals surface area contributed by atoms with Gasteiger partial charge in [0.1, 0.15) is 0 Å². The Morgan fingerprint density at radius 3 is 2.39 bits per heavy atom. The molecular weight excluding hydrogens is 434 g/mol. The van der Waals surface area contributed by atoms with Crippen molar-refractivity contribution in [1.82, 2.24) is 10.3 Å². The molecule has 7 nitrogen and oxygen atoms in total. The Balaban J connectivity index is 1.46. The Bertz CT molecular complexity index is 1310. The van der Waals surface area contributed by atoms with Gasteiger partial charge in [-0.25, -0.2) is 13.4 Å². The summed E-state index contributed by atoms with van der Waals surface area (Å²) in [6.07, 6.45) is -0.809. The van der Waals surface area contributed by atoms with Crippen LogP contribution in [0.1, 0.15) is 22.0 Å². The number of rotatable bonds is 7. The predicted molar refractivity (Wildman–Crippen MR) is 121 cm³/mol. The molecule has 0 unspecified atom stereocenters. The highest BCUT2D eigenvalue weighted by Gasteiger charge is 2.17. The van der Waals surface area contributed by atoms with Crippen LogP contribution in [0.25, 0.3) is 10.2 Å². The van der Waals surface area contributed by atoms with Crippen LogP contribution in [0.3, 0.4) is 0 Å². The van der Waals surface area contributed by atoms with Crippen LogP contribution in [0.15, 0.2) is 83.8 Å². The second-order valence-corrected chi connectivity index (χ2v) is 9.47. The van der Waals surface area contributed by atoms with Crippen LogP contribution in [0.4, 0.5) is 5.13 Å². The molecule has 0 aliphatic rings. The molecule has 1 heterocycles. The highest BCUT2D eigenvalue weighted by molar-refractivity contribution is 7.93. The fraction of sp³-hybridized carbons (Fsp3) is 0.0909. The molecule has 0 saturated carbocycles. The first-order valence-corrected chi connectivity index (χ1v) is 11.7. The number of aliphatic hydroxyl groups is 1. The molecule has 158 valence electrons. The number of aliphatic hydroxyl groups excluding tert-OH is 1. The number of hydrogen-bond acceptors (Lipinski definition) is 6. The number of nitrogens with zero attached hydrogens (tertiary/aromatic N) is 1. The summed E-state index contributed by atoms with van der Waals surface area (Å²) in [6.45, 7) is 0.0751. The molecule has 0 aliphatic heterocycles. The summed E-state index contributed by atoms with van der Waals surface area (Å²) in [5, 5.41) is 13.1. The average Bonchev–Trinajstić information content (AvgIpc) is 3.19. The number of benzene rings is 3. The van der Waals surface area contributed by atoms with Gasteiger partial charge in [0.2, 0.25) is 0 Å². The van der Waals surface area contributed by atoms with Gasteiger partial charge in [-0.05, 0) is 35.9 Å². The summed E-state index contributed by atoms with van der Waals surface area (Å²) in [5.74, 6) is -0.336. The largest absolute Gasteiger partial charge is 0.387 e. The fourth-order valence-corrected chi connectivity index (χ4v) is 5.13. The van der Waals surface area contributed by atoms with Crippen molar-refractivity contribution in [3.8, 4) is 0 Å². The summed E-state index contributed by atoms with van der Waals surface area (Å²) in [6, 6.07) is 22.0. The summed E-state index contributed by atoms with van der Waals surface area (Å²) >= 11 is 1.14. The molecule has 0 radical (unpaired) electrons. The quantitative estimate of drug-likeness (QED) is 0.397. The number of thiazole rings is 1. The molecule has 0 aliphatic carbocycles. The molecule has 9 heteroatoms. The Kier molecular flexibility index (Phi) is 5.99. The maximum Gasteiger partial charge on any atom is 0.263 e.